The number of aromatic hydroxyl groups is 1. The molecular formula is C13H18BrNO2. The number of hydrogen-bond donors (Lipinski definition) is 2. The summed E-state index contributed by atoms with van der Waals surface area (Å²) >= 11 is 3.36. The van der Waals surface area contributed by atoms with Gasteiger partial charge in [0.2, 0.25) is 5.91 Å². The van der Waals surface area contributed by atoms with Gasteiger partial charge >= 0.3 is 0 Å². The van der Waals surface area contributed by atoms with Crippen molar-refractivity contribution in [3.63, 3.8) is 0 Å². The molecule has 0 unspecified atom stereocenters. The summed E-state index contributed by atoms with van der Waals surface area (Å²) in [4.78, 5) is 11.6. The molecule has 2 N–H and O–H groups in total. The molecule has 0 heterocycles. The number of halogens is 1. The molecule has 1 amide bonds. The van der Waals surface area contributed by atoms with Gasteiger partial charge in [-0.25, -0.2) is 0 Å². The molecule has 0 spiro atoms. The maximum atomic E-state index is 11.8. The van der Waals surface area contributed by atoms with Crippen LogP contribution >= 0.6 is 15.9 Å². The van der Waals surface area contributed by atoms with Gasteiger partial charge in [-0.05, 0) is 18.6 Å². The van der Waals surface area contributed by atoms with Gasteiger partial charge in [0.25, 0.3) is 0 Å². The van der Waals surface area contributed by atoms with E-state index in [0.717, 1.165) is 25.7 Å². The van der Waals surface area contributed by atoms with Crippen LogP contribution in [0.5, 0.6) is 5.75 Å². The number of alkyl halides is 1. The summed E-state index contributed by atoms with van der Waals surface area (Å²) in [6.07, 6.45) is 4.11. The van der Waals surface area contributed by atoms with Crippen LogP contribution in [-0.4, -0.2) is 15.8 Å². The highest BCUT2D eigenvalue weighted by Gasteiger charge is 2.15. The average Bonchev–Trinajstić information content (AvgIpc) is 2.32. The molecule has 1 aromatic carbocycles. The van der Waals surface area contributed by atoms with Gasteiger partial charge in [0.05, 0.1) is 10.5 Å². The lowest BCUT2D eigenvalue weighted by Gasteiger charge is -2.11. The first kappa shape index (κ1) is 14.0. The Bertz CT molecular complexity index is 368. The van der Waals surface area contributed by atoms with Gasteiger partial charge in [0.1, 0.15) is 5.75 Å². The first-order valence-corrected chi connectivity index (χ1v) is 6.79. The van der Waals surface area contributed by atoms with Crippen molar-refractivity contribution >= 4 is 27.5 Å². The highest BCUT2D eigenvalue weighted by Crippen LogP contribution is 2.23. The molecular weight excluding hydrogens is 282 g/mol. The van der Waals surface area contributed by atoms with Crippen molar-refractivity contribution in [3.8, 4) is 5.75 Å². The van der Waals surface area contributed by atoms with Crippen molar-refractivity contribution in [2.45, 2.75) is 37.4 Å². The van der Waals surface area contributed by atoms with Gasteiger partial charge < -0.3 is 10.4 Å². The van der Waals surface area contributed by atoms with Crippen LogP contribution < -0.4 is 5.32 Å². The van der Waals surface area contributed by atoms with E-state index in [9.17, 15) is 9.90 Å². The smallest absolute Gasteiger partial charge is 0.238 e. The fourth-order valence-corrected chi connectivity index (χ4v) is 1.93. The molecule has 0 saturated carbocycles. The molecule has 1 aromatic rings. The average molecular weight is 300 g/mol. The van der Waals surface area contributed by atoms with Crippen LogP contribution in [0.3, 0.4) is 0 Å². The Morgan fingerprint density at radius 2 is 2.12 bits per heavy atom. The van der Waals surface area contributed by atoms with Crippen molar-refractivity contribution in [1.82, 2.24) is 0 Å². The maximum Gasteiger partial charge on any atom is 0.238 e. The summed E-state index contributed by atoms with van der Waals surface area (Å²) < 4.78 is 0. The van der Waals surface area contributed by atoms with E-state index in [4.69, 9.17) is 0 Å². The van der Waals surface area contributed by atoms with Gasteiger partial charge in [-0.3, -0.25) is 4.79 Å². The molecule has 0 radical (unpaired) electrons. The number of phenolic OH excluding ortho intramolecular Hbond substituents is 1. The quantitative estimate of drug-likeness (QED) is 0.478. The number of phenols is 1. The molecule has 0 saturated heterocycles. The summed E-state index contributed by atoms with van der Waals surface area (Å²) in [5.74, 6) is -0.0169. The SMILES string of the molecule is CCCCC[C@@H](Br)C(=O)Nc1ccccc1O. The number of para-hydroxylation sites is 2. The lowest BCUT2D eigenvalue weighted by atomic mass is 10.1. The van der Waals surface area contributed by atoms with Gasteiger partial charge in [0, 0.05) is 0 Å². The lowest BCUT2D eigenvalue weighted by molar-refractivity contribution is -0.115. The van der Waals surface area contributed by atoms with Gasteiger partial charge in [0.15, 0.2) is 0 Å². The zero-order chi connectivity index (χ0) is 12.7. The number of anilines is 1. The predicted molar refractivity (Wildman–Crippen MR) is 73.6 cm³/mol. The third-order valence-corrected chi connectivity index (χ3v) is 3.38. The minimum atomic E-state index is -0.200. The van der Waals surface area contributed by atoms with Crippen molar-refractivity contribution in [2.24, 2.45) is 0 Å². The van der Waals surface area contributed by atoms with Crippen LogP contribution in [0.1, 0.15) is 32.6 Å². The highest BCUT2D eigenvalue weighted by molar-refractivity contribution is 9.10. The van der Waals surface area contributed by atoms with Crippen LogP contribution in [-0.2, 0) is 4.79 Å². The summed E-state index contributed by atoms with van der Waals surface area (Å²) in [5.41, 5.74) is 0.456. The van der Waals surface area contributed by atoms with E-state index in [0.29, 0.717) is 5.69 Å². The topological polar surface area (TPSA) is 49.3 Å². The second kappa shape index (κ2) is 7.33. The highest BCUT2D eigenvalue weighted by atomic mass is 79.9. The van der Waals surface area contributed by atoms with Crippen LogP contribution in [0.4, 0.5) is 5.69 Å². The van der Waals surface area contributed by atoms with Crippen molar-refractivity contribution in [3.05, 3.63) is 24.3 Å². The number of rotatable bonds is 6. The Balaban J connectivity index is 2.46. The molecule has 0 aromatic heterocycles. The maximum absolute atomic E-state index is 11.8. The Kier molecular flexibility index (Phi) is 6.05. The van der Waals surface area contributed by atoms with E-state index >= 15 is 0 Å². The molecule has 1 rings (SSSR count). The minimum Gasteiger partial charge on any atom is -0.506 e. The van der Waals surface area contributed by atoms with Crippen LogP contribution in [0.25, 0.3) is 0 Å². The van der Waals surface area contributed by atoms with E-state index in [1.54, 1.807) is 24.3 Å². The van der Waals surface area contributed by atoms with Gasteiger partial charge in [-0.2, -0.15) is 0 Å². The third kappa shape index (κ3) is 4.77. The molecule has 17 heavy (non-hydrogen) atoms. The Labute approximate surface area is 110 Å². The zero-order valence-electron chi connectivity index (χ0n) is 9.95. The number of carbonyl (C=O) groups excluding carboxylic acids is 1. The first-order chi connectivity index (χ1) is 8.15. The lowest BCUT2D eigenvalue weighted by Crippen LogP contribution is -2.22. The van der Waals surface area contributed by atoms with Crippen molar-refractivity contribution < 1.29 is 9.90 Å². The molecule has 0 bridgehead atoms. The summed E-state index contributed by atoms with van der Waals surface area (Å²) in [6.45, 7) is 2.13. The second-order valence-corrected chi connectivity index (χ2v) is 5.08. The van der Waals surface area contributed by atoms with Crippen molar-refractivity contribution in [1.29, 1.82) is 0 Å². The second-order valence-electron chi connectivity index (χ2n) is 3.97. The summed E-state index contributed by atoms with van der Waals surface area (Å²) in [7, 11) is 0. The largest absolute Gasteiger partial charge is 0.506 e. The predicted octanol–water partition coefficient (Wildman–Crippen LogP) is 3.67. The van der Waals surface area contributed by atoms with Crippen LogP contribution in [0, 0.1) is 0 Å². The first-order valence-electron chi connectivity index (χ1n) is 5.88. The van der Waals surface area contributed by atoms with E-state index in [1.165, 1.54) is 0 Å². The Hall–Kier alpha value is -1.03. The molecule has 0 aliphatic carbocycles. The number of benzene rings is 1. The van der Waals surface area contributed by atoms with E-state index in [-0.39, 0.29) is 16.5 Å². The molecule has 0 fully saturated rings. The number of unbranched alkanes of at least 4 members (excludes halogenated alkanes) is 2. The summed E-state index contributed by atoms with van der Waals surface area (Å²) in [6, 6.07) is 6.72. The number of carbonyl (C=O) groups is 1. The van der Waals surface area contributed by atoms with E-state index < -0.39 is 0 Å². The van der Waals surface area contributed by atoms with Gasteiger partial charge in [-0.1, -0.05) is 54.2 Å². The third-order valence-electron chi connectivity index (χ3n) is 2.51. The van der Waals surface area contributed by atoms with Gasteiger partial charge in [-0.15, -0.1) is 0 Å². The number of nitrogens with one attached hydrogen (secondary N) is 1. The molecule has 94 valence electrons. The van der Waals surface area contributed by atoms with E-state index in [2.05, 4.69) is 28.2 Å². The number of amides is 1. The van der Waals surface area contributed by atoms with Crippen LogP contribution in [0.15, 0.2) is 24.3 Å². The zero-order valence-corrected chi connectivity index (χ0v) is 11.5. The minimum absolute atomic E-state index is 0.0918. The van der Waals surface area contributed by atoms with Crippen molar-refractivity contribution in [2.75, 3.05) is 5.32 Å². The molecule has 1 atom stereocenters. The Morgan fingerprint density at radius 1 is 1.41 bits per heavy atom. The Morgan fingerprint density at radius 3 is 2.76 bits per heavy atom. The normalized spacial score (nSPS) is 12.1. The molecule has 3 nitrogen and oxygen atoms in total. The van der Waals surface area contributed by atoms with E-state index in [1.807, 2.05) is 0 Å². The number of hydrogen-bond acceptors (Lipinski definition) is 2. The monoisotopic (exact) mass is 299 g/mol. The molecule has 4 heteroatoms. The fourth-order valence-electron chi connectivity index (χ4n) is 1.50. The molecule has 0 aliphatic heterocycles. The standard InChI is InChI=1S/C13H18BrNO2/c1-2-3-4-7-10(14)13(17)15-11-8-5-6-9-12(11)16/h5-6,8-10,16H,2-4,7H2,1H3,(H,15,17)/t10-/m1/s1. The summed E-state index contributed by atoms with van der Waals surface area (Å²) in [5, 5.41) is 12.2. The molecule has 0 aliphatic rings. The van der Waals surface area contributed by atoms with Crippen LogP contribution in [0.2, 0.25) is 0 Å². The fraction of sp³-hybridized carbons (Fsp3) is 0.462.